The van der Waals surface area contributed by atoms with E-state index in [1.807, 2.05) is 4.68 Å². The summed E-state index contributed by atoms with van der Waals surface area (Å²) < 4.78 is 2.97. The monoisotopic (exact) mass is 383 g/mol. The fraction of sp³-hybridized carbons (Fsp3) is 0.222. The molecule has 0 amide bonds. The molecule has 0 spiro atoms. The summed E-state index contributed by atoms with van der Waals surface area (Å²) >= 11 is 3.49. The van der Waals surface area contributed by atoms with Crippen molar-refractivity contribution in [3.63, 3.8) is 0 Å². The third kappa shape index (κ3) is 2.78. The van der Waals surface area contributed by atoms with E-state index in [-0.39, 0.29) is 12.1 Å². The molecule has 24 heavy (non-hydrogen) atoms. The van der Waals surface area contributed by atoms with Crippen LogP contribution in [-0.2, 0) is 0 Å². The van der Waals surface area contributed by atoms with Crippen molar-refractivity contribution in [3.8, 4) is 0 Å². The summed E-state index contributed by atoms with van der Waals surface area (Å²) in [5, 5.41) is 7.85. The van der Waals surface area contributed by atoms with Gasteiger partial charge in [0, 0.05) is 4.47 Å². The van der Waals surface area contributed by atoms with Gasteiger partial charge in [-0.3, -0.25) is 0 Å². The number of halogens is 1. The van der Waals surface area contributed by atoms with Crippen LogP contribution in [0.3, 0.4) is 0 Å². The van der Waals surface area contributed by atoms with E-state index in [0.717, 1.165) is 16.8 Å². The predicted molar refractivity (Wildman–Crippen MR) is 98.9 cm³/mol. The number of nitrogens with zero attached hydrogens (tertiary/aromatic N) is 3. The largest absolute Gasteiger partial charge is 0.366 e. The highest BCUT2D eigenvalue weighted by molar-refractivity contribution is 9.10. The highest BCUT2D eigenvalue weighted by atomic mass is 79.9. The number of hydrogen-bond donors (Lipinski definition) is 2. The summed E-state index contributed by atoms with van der Waals surface area (Å²) in [5.41, 5.74) is 9.53. The van der Waals surface area contributed by atoms with Gasteiger partial charge in [0.05, 0.1) is 12.1 Å². The van der Waals surface area contributed by atoms with Gasteiger partial charge in [0.1, 0.15) is 0 Å². The lowest BCUT2D eigenvalue weighted by Gasteiger charge is -2.31. The fourth-order valence-corrected chi connectivity index (χ4v) is 3.44. The van der Waals surface area contributed by atoms with Gasteiger partial charge in [-0.25, -0.2) is 4.68 Å². The topological polar surface area (TPSA) is 68.8 Å². The van der Waals surface area contributed by atoms with Gasteiger partial charge in [0.15, 0.2) is 0 Å². The Morgan fingerprint density at radius 1 is 1.08 bits per heavy atom. The van der Waals surface area contributed by atoms with Crippen molar-refractivity contribution in [2.45, 2.75) is 25.4 Å². The molecule has 5 nitrogen and oxygen atoms in total. The summed E-state index contributed by atoms with van der Waals surface area (Å²) in [6.45, 7) is 2.09. The third-order valence-corrected chi connectivity index (χ3v) is 4.97. The molecule has 6 heteroatoms. The van der Waals surface area contributed by atoms with E-state index in [1.54, 1.807) is 0 Å². The maximum Gasteiger partial charge on any atom is 0.241 e. The molecule has 0 bridgehead atoms. The molecular weight excluding hydrogens is 366 g/mol. The minimum Gasteiger partial charge on any atom is -0.366 e. The SMILES string of the molecule is Cc1ccc([C@@H]2C[C@@H](c3ccc(Br)cc3)Nc3nc(N)nn32)cc1. The number of hydrogen-bond acceptors (Lipinski definition) is 4. The van der Waals surface area contributed by atoms with E-state index in [0.29, 0.717) is 5.95 Å². The Balaban J connectivity index is 1.74. The molecule has 0 fully saturated rings. The molecule has 1 aromatic heterocycles. The Morgan fingerprint density at radius 3 is 2.46 bits per heavy atom. The van der Waals surface area contributed by atoms with Gasteiger partial charge in [-0.05, 0) is 36.6 Å². The number of fused-ring (bicyclic) bond motifs is 1. The number of nitrogens with two attached hydrogens (primary N) is 1. The molecule has 4 rings (SSSR count). The number of rotatable bonds is 2. The van der Waals surface area contributed by atoms with Gasteiger partial charge in [-0.2, -0.15) is 4.98 Å². The van der Waals surface area contributed by atoms with Crippen molar-refractivity contribution in [3.05, 3.63) is 69.7 Å². The van der Waals surface area contributed by atoms with Crippen LogP contribution in [0, 0.1) is 6.92 Å². The average molecular weight is 384 g/mol. The number of aryl methyl sites for hydroxylation is 1. The Hall–Kier alpha value is -2.34. The first-order chi connectivity index (χ1) is 11.6. The first-order valence-corrected chi connectivity index (χ1v) is 8.70. The van der Waals surface area contributed by atoms with Crippen molar-refractivity contribution in [2.75, 3.05) is 11.1 Å². The van der Waals surface area contributed by atoms with E-state index in [9.17, 15) is 0 Å². The van der Waals surface area contributed by atoms with Gasteiger partial charge in [0.25, 0.3) is 0 Å². The van der Waals surface area contributed by atoms with Crippen LogP contribution < -0.4 is 11.1 Å². The lowest BCUT2D eigenvalue weighted by Crippen LogP contribution is -2.28. The molecular formula is C18H18BrN5. The second-order valence-corrected chi connectivity index (χ2v) is 7.06. The smallest absolute Gasteiger partial charge is 0.241 e. The number of nitrogen functional groups attached to an aromatic ring is 1. The highest BCUT2D eigenvalue weighted by Crippen LogP contribution is 2.38. The Kier molecular flexibility index (Phi) is 3.76. The second-order valence-electron chi connectivity index (χ2n) is 6.15. The number of aromatic nitrogens is 3. The van der Waals surface area contributed by atoms with Crippen LogP contribution in [0.1, 0.15) is 35.2 Å². The third-order valence-electron chi connectivity index (χ3n) is 4.44. The first-order valence-electron chi connectivity index (χ1n) is 7.91. The van der Waals surface area contributed by atoms with Crippen LogP contribution in [-0.4, -0.2) is 14.8 Å². The number of nitrogens with one attached hydrogen (secondary N) is 1. The maximum atomic E-state index is 5.84. The minimum atomic E-state index is 0.111. The van der Waals surface area contributed by atoms with Crippen LogP contribution >= 0.6 is 15.9 Å². The molecule has 0 saturated carbocycles. The minimum absolute atomic E-state index is 0.111. The zero-order valence-corrected chi connectivity index (χ0v) is 14.9. The highest BCUT2D eigenvalue weighted by Gasteiger charge is 2.30. The van der Waals surface area contributed by atoms with Gasteiger partial charge in [-0.1, -0.05) is 57.9 Å². The van der Waals surface area contributed by atoms with Crippen molar-refractivity contribution < 1.29 is 0 Å². The maximum absolute atomic E-state index is 5.84. The fourth-order valence-electron chi connectivity index (χ4n) is 3.17. The molecule has 1 aliphatic heterocycles. The molecule has 0 radical (unpaired) electrons. The van der Waals surface area contributed by atoms with E-state index < -0.39 is 0 Å². The van der Waals surface area contributed by atoms with Crippen LogP contribution in [0.5, 0.6) is 0 Å². The number of anilines is 2. The van der Waals surface area contributed by atoms with Crippen LogP contribution in [0.25, 0.3) is 0 Å². The van der Waals surface area contributed by atoms with Gasteiger partial charge >= 0.3 is 0 Å². The molecule has 122 valence electrons. The van der Waals surface area contributed by atoms with Crippen LogP contribution in [0.4, 0.5) is 11.9 Å². The standard InChI is InChI=1S/C18H18BrN5/c1-11-2-4-13(5-3-11)16-10-15(12-6-8-14(19)9-7-12)21-18-22-17(20)23-24(16)18/h2-9,15-16H,10H2,1H3,(H3,20,21,22,23)/t15-,16-/m0/s1. The zero-order chi connectivity index (χ0) is 16.7. The average Bonchev–Trinajstić information content (AvgIpc) is 2.95. The van der Waals surface area contributed by atoms with Crippen LogP contribution in [0.2, 0.25) is 0 Å². The van der Waals surface area contributed by atoms with Gasteiger partial charge in [-0.15, -0.1) is 5.10 Å². The molecule has 0 unspecified atom stereocenters. The molecule has 2 atom stereocenters. The van der Waals surface area contributed by atoms with Crippen LogP contribution in [0.15, 0.2) is 53.0 Å². The second kappa shape index (κ2) is 5.94. The summed E-state index contributed by atoms with van der Waals surface area (Å²) in [6, 6.07) is 17.2. The van der Waals surface area contributed by atoms with E-state index in [2.05, 4.69) is 86.8 Å². The van der Waals surface area contributed by atoms with E-state index in [4.69, 9.17) is 5.73 Å². The van der Waals surface area contributed by atoms with E-state index in [1.165, 1.54) is 16.7 Å². The Bertz CT molecular complexity index is 854. The molecule has 3 aromatic rings. The lowest BCUT2D eigenvalue weighted by molar-refractivity contribution is 0.431. The summed E-state index contributed by atoms with van der Waals surface area (Å²) in [5.74, 6) is 1.02. The molecule has 3 N–H and O–H groups in total. The molecule has 0 aliphatic carbocycles. The Labute approximate surface area is 149 Å². The van der Waals surface area contributed by atoms with Crippen molar-refractivity contribution in [2.24, 2.45) is 0 Å². The Morgan fingerprint density at radius 2 is 1.75 bits per heavy atom. The molecule has 1 aliphatic rings. The first kappa shape index (κ1) is 15.2. The normalized spacial score (nSPS) is 19.6. The summed E-state index contributed by atoms with van der Waals surface area (Å²) in [6.07, 6.45) is 0.889. The predicted octanol–water partition coefficient (Wildman–Crippen LogP) is 4.08. The van der Waals surface area contributed by atoms with Crippen molar-refractivity contribution in [1.29, 1.82) is 0 Å². The molecule has 2 heterocycles. The van der Waals surface area contributed by atoms with Gasteiger partial charge < -0.3 is 11.1 Å². The summed E-state index contributed by atoms with van der Waals surface area (Å²) in [7, 11) is 0. The quantitative estimate of drug-likeness (QED) is 0.699. The van der Waals surface area contributed by atoms with E-state index >= 15 is 0 Å². The molecule has 2 aromatic carbocycles. The lowest BCUT2D eigenvalue weighted by atomic mass is 9.93. The zero-order valence-electron chi connectivity index (χ0n) is 13.3. The summed E-state index contributed by atoms with van der Waals surface area (Å²) in [4.78, 5) is 4.35. The number of benzene rings is 2. The van der Waals surface area contributed by atoms with Crippen molar-refractivity contribution in [1.82, 2.24) is 14.8 Å². The molecule has 0 saturated heterocycles. The van der Waals surface area contributed by atoms with Crippen molar-refractivity contribution >= 4 is 27.8 Å². The van der Waals surface area contributed by atoms with Gasteiger partial charge in [0.2, 0.25) is 11.9 Å².